The lowest BCUT2D eigenvalue weighted by atomic mass is 9.89. The second-order valence-corrected chi connectivity index (χ2v) is 7.42. The number of methoxy groups -OCH3 is 1. The Morgan fingerprint density at radius 3 is 2.86 bits per heavy atom. The summed E-state index contributed by atoms with van der Waals surface area (Å²) < 4.78 is 7.22. The number of benzene rings is 2. The highest BCUT2D eigenvalue weighted by atomic mass is 16.5. The van der Waals surface area contributed by atoms with Crippen LogP contribution in [0.25, 0.3) is 28.2 Å². The second-order valence-electron chi connectivity index (χ2n) is 7.42. The number of nitrogens with one attached hydrogen (secondary N) is 1. The van der Waals surface area contributed by atoms with Gasteiger partial charge in [0.05, 0.1) is 7.11 Å². The lowest BCUT2D eigenvalue weighted by Gasteiger charge is -2.23. The molecule has 1 aliphatic rings. The van der Waals surface area contributed by atoms with Crippen LogP contribution in [0.1, 0.15) is 24.3 Å². The van der Waals surface area contributed by atoms with E-state index < -0.39 is 0 Å². The molecule has 1 N–H and O–H groups in total. The van der Waals surface area contributed by atoms with Gasteiger partial charge in [-0.15, -0.1) is 5.10 Å². The molecule has 5 nitrogen and oxygen atoms in total. The van der Waals surface area contributed by atoms with Crippen LogP contribution in [0.5, 0.6) is 5.75 Å². The maximum Gasteiger partial charge on any atom is 0.182 e. The maximum absolute atomic E-state index is 5.38. The molecule has 0 amide bonds. The fraction of sp³-hybridized carbons (Fsp3) is 0.250. The standard InChI is InChI=1S/C24H23N4O/c1-29-21-8-3-6-19(16-21)22-9-4-14-28-24(22)26-23(27-28)20-7-2-5-18(15-20)17-10-12-25-13-11-17/h2-6,8-9,14-17,25H,10-13H2,1H3. The molecule has 2 aromatic heterocycles. The first-order chi connectivity index (χ1) is 14.3. The highest BCUT2D eigenvalue weighted by Crippen LogP contribution is 2.30. The number of aromatic nitrogens is 3. The van der Waals surface area contributed by atoms with Gasteiger partial charge in [-0.25, -0.2) is 9.50 Å². The van der Waals surface area contributed by atoms with Crippen LogP contribution < -0.4 is 10.1 Å². The zero-order valence-corrected chi connectivity index (χ0v) is 16.4. The third-order valence-corrected chi connectivity index (χ3v) is 5.62. The fourth-order valence-electron chi connectivity index (χ4n) is 4.06. The van der Waals surface area contributed by atoms with Crippen LogP contribution in [0.4, 0.5) is 0 Å². The Kier molecular flexibility index (Phi) is 4.74. The summed E-state index contributed by atoms with van der Waals surface area (Å²) in [5.41, 5.74) is 5.21. The molecular formula is C24H23N4O. The van der Waals surface area contributed by atoms with Gasteiger partial charge in [-0.05, 0) is 79.4 Å². The van der Waals surface area contributed by atoms with Gasteiger partial charge in [0.25, 0.3) is 0 Å². The predicted molar refractivity (Wildman–Crippen MR) is 114 cm³/mol. The first kappa shape index (κ1) is 17.9. The summed E-state index contributed by atoms with van der Waals surface area (Å²) in [6.07, 6.45) is 4.27. The Morgan fingerprint density at radius 2 is 2.00 bits per heavy atom. The van der Waals surface area contributed by atoms with E-state index in [-0.39, 0.29) is 0 Å². The molecule has 1 fully saturated rings. The van der Waals surface area contributed by atoms with Gasteiger partial charge in [0, 0.05) is 17.3 Å². The number of rotatable bonds is 4. The molecule has 0 unspecified atom stereocenters. The molecule has 145 valence electrons. The predicted octanol–water partition coefficient (Wildman–Crippen LogP) is 4.34. The van der Waals surface area contributed by atoms with Crippen molar-refractivity contribution >= 4 is 5.65 Å². The minimum absolute atomic E-state index is 0.592. The van der Waals surface area contributed by atoms with Gasteiger partial charge in [0.1, 0.15) is 5.75 Å². The maximum atomic E-state index is 5.38. The minimum atomic E-state index is 0.592. The summed E-state index contributed by atoms with van der Waals surface area (Å²) in [7, 11) is 1.68. The molecule has 1 saturated heterocycles. The molecule has 5 rings (SSSR count). The molecule has 0 atom stereocenters. The average Bonchev–Trinajstić information content (AvgIpc) is 3.24. The number of piperidine rings is 1. The summed E-state index contributed by atoms with van der Waals surface area (Å²) in [5.74, 6) is 2.12. The number of pyridine rings is 1. The van der Waals surface area contributed by atoms with E-state index in [0.29, 0.717) is 11.7 Å². The van der Waals surface area contributed by atoms with Crippen LogP contribution in [0, 0.1) is 6.07 Å². The molecule has 2 aromatic carbocycles. The van der Waals surface area contributed by atoms with Crippen molar-refractivity contribution in [3.05, 3.63) is 72.4 Å². The number of nitrogens with zero attached hydrogens (tertiary/aromatic N) is 3. The lowest BCUT2D eigenvalue weighted by molar-refractivity contribution is 0.415. The van der Waals surface area contributed by atoms with Crippen molar-refractivity contribution in [1.82, 2.24) is 19.9 Å². The molecule has 5 heteroatoms. The molecule has 0 bridgehead atoms. The van der Waals surface area contributed by atoms with E-state index in [1.807, 2.05) is 41.0 Å². The van der Waals surface area contributed by atoms with Crippen LogP contribution in [-0.4, -0.2) is 34.8 Å². The van der Waals surface area contributed by atoms with Crippen molar-refractivity contribution < 1.29 is 4.74 Å². The number of ether oxygens (including phenoxy) is 1. The van der Waals surface area contributed by atoms with Crippen molar-refractivity contribution in [3.63, 3.8) is 0 Å². The van der Waals surface area contributed by atoms with Gasteiger partial charge in [-0.1, -0.05) is 24.3 Å². The van der Waals surface area contributed by atoms with Gasteiger partial charge in [-0.2, -0.15) is 0 Å². The van der Waals surface area contributed by atoms with Crippen LogP contribution in [0.2, 0.25) is 0 Å². The monoisotopic (exact) mass is 383 g/mol. The molecule has 3 heterocycles. The summed E-state index contributed by atoms with van der Waals surface area (Å²) in [6, 6.07) is 21.8. The second kappa shape index (κ2) is 7.68. The molecule has 0 spiro atoms. The van der Waals surface area contributed by atoms with E-state index in [0.717, 1.165) is 41.2 Å². The Bertz CT molecular complexity index is 1140. The number of hydrogen-bond donors (Lipinski definition) is 1. The minimum Gasteiger partial charge on any atom is -0.497 e. The molecular weight excluding hydrogens is 360 g/mol. The molecule has 29 heavy (non-hydrogen) atoms. The summed E-state index contributed by atoms with van der Waals surface area (Å²) in [5, 5.41) is 8.16. The molecule has 1 radical (unpaired) electrons. The van der Waals surface area contributed by atoms with Crippen molar-refractivity contribution in [2.24, 2.45) is 0 Å². The molecule has 1 aliphatic heterocycles. The van der Waals surface area contributed by atoms with Gasteiger partial charge in [0.15, 0.2) is 11.5 Å². The third kappa shape index (κ3) is 3.49. The topological polar surface area (TPSA) is 51.5 Å². The fourth-order valence-corrected chi connectivity index (χ4v) is 4.06. The van der Waals surface area contributed by atoms with Gasteiger partial charge in [-0.3, -0.25) is 0 Å². The van der Waals surface area contributed by atoms with Gasteiger partial charge >= 0.3 is 0 Å². The van der Waals surface area contributed by atoms with Crippen LogP contribution in [-0.2, 0) is 0 Å². The highest BCUT2D eigenvalue weighted by molar-refractivity contribution is 5.79. The smallest absolute Gasteiger partial charge is 0.182 e. The highest BCUT2D eigenvalue weighted by Gasteiger charge is 2.17. The molecule has 0 saturated carbocycles. The first-order valence-corrected chi connectivity index (χ1v) is 10.0. The molecule has 4 aromatic rings. The van der Waals surface area contributed by atoms with E-state index in [1.54, 1.807) is 7.11 Å². The lowest BCUT2D eigenvalue weighted by Crippen LogP contribution is -2.26. The SMILES string of the molecule is COc1cccc(-c2cccn3nc(-c4[c]ccc(C5CCNCC5)c4)nc23)c1. The quantitative estimate of drug-likeness (QED) is 0.570. The molecule has 0 aliphatic carbocycles. The Balaban J connectivity index is 1.55. The summed E-state index contributed by atoms with van der Waals surface area (Å²) in [6.45, 7) is 2.16. The van der Waals surface area contributed by atoms with Crippen LogP contribution >= 0.6 is 0 Å². The van der Waals surface area contributed by atoms with Crippen LogP contribution in [0.3, 0.4) is 0 Å². The third-order valence-electron chi connectivity index (χ3n) is 5.62. The van der Waals surface area contributed by atoms with E-state index in [4.69, 9.17) is 14.8 Å². The summed E-state index contributed by atoms with van der Waals surface area (Å²) in [4.78, 5) is 4.87. The zero-order chi connectivity index (χ0) is 19.6. The normalized spacial score (nSPS) is 14.9. The van der Waals surface area contributed by atoms with Gasteiger partial charge in [0.2, 0.25) is 0 Å². The van der Waals surface area contributed by atoms with Crippen LogP contribution in [0.15, 0.2) is 60.8 Å². The van der Waals surface area contributed by atoms with E-state index in [9.17, 15) is 0 Å². The van der Waals surface area contributed by atoms with E-state index >= 15 is 0 Å². The Hall–Kier alpha value is -3.18. The largest absolute Gasteiger partial charge is 0.497 e. The van der Waals surface area contributed by atoms with E-state index in [2.05, 4.69) is 35.6 Å². The number of fused-ring (bicyclic) bond motifs is 1. The zero-order valence-electron chi connectivity index (χ0n) is 16.4. The number of hydrogen-bond acceptors (Lipinski definition) is 4. The Labute approximate surface area is 170 Å². The average molecular weight is 383 g/mol. The van der Waals surface area contributed by atoms with Gasteiger partial charge < -0.3 is 10.1 Å². The summed E-state index contributed by atoms with van der Waals surface area (Å²) >= 11 is 0. The van der Waals surface area contributed by atoms with Crippen molar-refractivity contribution in [2.45, 2.75) is 18.8 Å². The van der Waals surface area contributed by atoms with E-state index in [1.165, 1.54) is 18.4 Å². The Morgan fingerprint density at radius 1 is 1.10 bits per heavy atom. The van der Waals surface area contributed by atoms with Crippen molar-refractivity contribution in [3.8, 4) is 28.3 Å². The first-order valence-electron chi connectivity index (χ1n) is 10.0. The van der Waals surface area contributed by atoms with Crippen molar-refractivity contribution in [2.75, 3.05) is 20.2 Å². The van der Waals surface area contributed by atoms with Crippen molar-refractivity contribution in [1.29, 1.82) is 0 Å².